The van der Waals surface area contributed by atoms with Gasteiger partial charge in [0, 0.05) is 49.7 Å². The molecule has 0 unspecified atom stereocenters. The predicted octanol–water partition coefficient (Wildman–Crippen LogP) is 17.7. The fraction of sp³-hybridized carbons (Fsp3) is 0.0820. The van der Waals surface area contributed by atoms with Crippen LogP contribution in [0.25, 0.3) is 76.5 Å². The molecule has 0 saturated heterocycles. The monoisotopic (exact) mass is 836 g/mol. The molecule has 0 aliphatic heterocycles. The van der Waals surface area contributed by atoms with Crippen LogP contribution >= 0.6 is 0 Å². The number of aryl methyl sites for hydroxylation is 2. The van der Waals surface area contributed by atoms with Crippen LogP contribution in [0, 0.1) is 13.8 Å². The zero-order valence-corrected chi connectivity index (χ0v) is 36.7. The number of benzene rings is 10. The van der Waals surface area contributed by atoms with Crippen molar-refractivity contribution in [3.8, 4) is 11.1 Å². The van der Waals surface area contributed by atoms with Crippen LogP contribution in [-0.4, -0.2) is 0 Å². The van der Waals surface area contributed by atoms with Gasteiger partial charge in [0.25, 0.3) is 0 Å². The Morgan fingerprint density at radius 2 is 0.846 bits per heavy atom. The third kappa shape index (κ3) is 5.57. The summed E-state index contributed by atoms with van der Waals surface area (Å²) in [6, 6.07) is 70.4. The van der Waals surface area contributed by atoms with Crippen LogP contribution in [0.5, 0.6) is 0 Å². The minimum absolute atomic E-state index is 0.246. The van der Waals surface area contributed by atoms with Gasteiger partial charge in [-0.2, -0.15) is 0 Å². The lowest BCUT2D eigenvalue weighted by Crippen LogP contribution is -2.16. The van der Waals surface area contributed by atoms with Crippen LogP contribution in [0.2, 0.25) is 0 Å². The lowest BCUT2D eigenvalue weighted by molar-refractivity contribution is 0.665. The second-order valence-corrected chi connectivity index (χ2v) is 18.2. The number of fused-ring (bicyclic) bond motifs is 12. The second kappa shape index (κ2) is 14.0. The molecule has 2 aromatic heterocycles. The molecule has 0 atom stereocenters. The average molecular weight is 837 g/mol. The van der Waals surface area contributed by atoms with E-state index in [9.17, 15) is 0 Å². The molecule has 0 amide bonds. The zero-order chi connectivity index (χ0) is 43.6. The summed E-state index contributed by atoms with van der Waals surface area (Å²) < 4.78 is 13.5. The van der Waals surface area contributed by atoms with Crippen molar-refractivity contribution in [2.75, 3.05) is 9.80 Å². The quantitative estimate of drug-likeness (QED) is 0.167. The first-order valence-corrected chi connectivity index (χ1v) is 22.5. The fourth-order valence-corrected chi connectivity index (χ4v) is 10.9. The Bertz CT molecular complexity index is 3900. The van der Waals surface area contributed by atoms with Crippen molar-refractivity contribution in [1.82, 2.24) is 0 Å². The maximum absolute atomic E-state index is 6.73. The summed E-state index contributed by atoms with van der Waals surface area (Å²) in [5.74, 6) is 0. The highest BCUT2D eigenvalue weighted by atomic mass is 16.3. The van der Waals surface area contributed by atoms with E-state index >= 15 is 0 Å². The van der Waals surface area contributed by atoms with Gasteiger partial charge in [0.05, 0.1) is 11.4 Å². The topological polar surface area (TPSA) is 32.8 Å². The zero-order valence-electron chi connectivity index (χ0n) is 36.7. The molecule has 4 heteroatoms. The number of para-hydroxylation sites is 6. The maximum atomic E-state index is 6.73. The SMILES string of the molecule is Cc1cccc2c1oc1c(N(c3ccccc3)c3ccc4cc5c(cc4c3)C(C)(C)c3c-5ccc4cc(N(c5ccccc5)c5cccc6c5oc5c(C)cccc56)ccc34)cccc12. The highest BCUT2D eigenvalue weighted by Gasteiger charge is 2.37. The molecule has 1 aliphatic carbocycles. The van der Waals surface area contributed by atoms with Gasteiger partial charge < -0.3 is 18.6 Å². The smallest absolute Gasteiger partial charge is 0.159 e. The van der Waals surface area contributed by atoms with Crippen LogP contribution in [-0.2, 0) is 5.41 Å². The van der Waals surface area contributed by atoms with Crippen LogP contribution in [0.4, 0.5) is 34.1 Å². The Balaban J connectivity index is 0.934. The van der Waals surface area contributed by atoms with E-state index in [0.717, 1.165) is 89.1 Å². The first-order chi connectivity index (χ1) is 31.8. The van der Waals surface area contributed by atoms with Gasteiger partial charge in [-0.05, 0) is 142 Å². The molecule has 310 valence electrons. The number of hydrogen-bond acceptors (Lipinski definition) is 4. The lowest BCUT2D eigenvalue weighted by Gasteiger charge is -2.27. The summed E-state index contributed by atoms with van der Waals surface area (Å²) in [5.41, 5.74) is 17.3. The van der Waals surface area contributed by atoms with Crippen molar-refractivity contribution in [2.45, 2.75) is 33.1 Å². The number of nitrogens with zero attached hydrogens (tertiary/aromatic N) is 2. The van der Waals surface area contributed by atoms with Gasteiger partial charge in [-0.25, -0.2) is 0 Å². The summed E-state index contributed by atoms with van der Waals surface area (Å²) >= 11 is 0. The standard InChI is InChI=1S/C61H44N2O2/c1-37-15-11-21-48-50-23-13-25-54(59(50)64-57(37)48)62(42-17-7-5-8-18-42)44-29-27-39-35-52-47-31-28-40-33-45(30-32-46(40)56(47)61(3,4)53(52)36-41(39)34-44)63(43-19-9-6-10-20-43)55-26-14-24-51-49-22-12-16-38(2)58(49)65-60(51)55/h5-36H,1-4H3. The molecule has 0 N–H and O–H groups in total. The molecule has 0 bridgehead atoms. The van der Waals surface area contributed by atoms with Crippen molar-refractivity contribution < 1.29 is 8.83 Å². The summed E-state index contributed by atoms with van der Waals surface area (Å²) in [5, 5.41) is 9.40. The van der Waals surface area contributed by atoms with Crippen molar-refractivity contribution in [3.05, 3.63) is 216 Å². The van der Waals surface area contributed by atoms with Crippen molar-refractivity contribution >= 4 is 99.5 Å². The van der Waals surface area contributed by atoms with E-state index in [0.29, 0.717) is 0 Å². The van der Waals surface area contributed by atoms with Gasteiger partial charge in [-0.1, -0.05) is 135 Å². The van der Waals surface area contributed by atoms with E-state index in [1.165, 1.54) is 43.8 Å². The van der Waals surface area contributed by atoms with Crippen molar-refractivity contribution in [2.24, 2.45) is 0 Å². The molecular formula is C61H44N2O2. The van der Waals surface area contributed by atoms with Crippen molar-refractivity contribution in [3.63, 3.8) is 0 Å². The molecule has 0 saturated carbocycles. The largest absolute Gasteiger partial charge is 0.454 e. The summed E-state index contributed by atoms with van der Waals surface area (Å²) in [4.78, 5) is 4.68. The molecule has 65 heavy (non-hydrogen) atoms. The lowest BCUT2D eigenvalue weighted by atomic mass is 9.79. The molecule has 12 aromatic rings. The van der Waals surface area contributed by atoms with Crippen LogP contribution in [0.1, 0.15) is 36.1 Å². The van der Waals surface area contributed by atoms with Gasteiger partial charge >= 0.3 is 0 Å². The van der Waals surface area contributed by atoms with E-state index in [2.05, 4.69) is 232 Å². The van der Waals surface area contributed by atoms with E-state index in [1.54, 1.807) is 0 Å². The third-order valence-electron chi connectivity index (χ3n) is 14.0. The Hall–Kier alpha value is -8.08. The van der Waals surface area contributed by atoms with Crippen LogP contribution in [0.15, 0.2) is 203 Å². The van der Waals surface area contributed by atoms with E-state index < -0.39 is 0 Å². The molecule has 0 spiro atoms. The molecule has 13 rings (SSSR count). The number of rotatable bonds is 6. The summed E-state index contributed by atoms with van der Waals surface area (Å²) in [7, 11) is 0. The van der Waals surface area contributed by atoms with Gasteiger partial charge in [0.2, 0.25) is 0 Å². The summed E-state index contributed by atoms with van der Waals surface area (Å²) in [6.45, 7) is 9.02. The molecule has 0 radical (unpaired) electrons. The Kier molecular flexibility index (Phi) is 8.05. The average Bonchev–Trinajstić information content (AvgIpc) is 3.99. The number of hydrogen-bond donors (Lipinski definition) is 0. The highest BCUT2D eigenvalue weighted by Crippen LogP contribution is 2.54. The fourth-order valence-electron chi connectivity index (χ4n) is 10.9. The number of furan rings is 2. The summed E-state index contributed by atoms with van der Waals surface area (Å²) in [6.07, 6.45) is 0. The highest BCUT2D eigenvalue weighted by molar-refractivity contribution is 6.13. The van der Waals surface area contributed by atoms with Crippen LogP contribution < -0.4 is 9.80 Å². The first kappa shape index (κ1) is 37.5. The minimum Gasteiger partial charge on any atom is -0.454 e. The molecule has 4 nitrogen and oxygen atoms in total. The Labute approximate surface area is 377 Å². The molecular weight excluding hydrogens is 793 g/mol. The molecule has 1 aliphatic rings. The van der Waals surface area contributed by atoms with Crippen LogP contribution in [0.3, 0.4) is 0 Å². The molecule has 10 aromatic carbocycles. The minimum atomic E-state index is -0.246. The van der Waals surface area contributed by atoms with Gasteiger partial charge in [0.1, 0.15) is 11.2 Å². The van der Waals surface area contributed by atoms with Crippen molar-refractivity contribution in [1.29, 1.82) is 0 Å². The molecule has 0 fully saturated rings. The normalized spacial score (nSPS) is 13.0. The third-order valence-corrected chi connectivity index (χ3v) is 14.0. The Morgan fingerprint density at radius 3 is 1.42 bits per heavy atom. The van der Waals surface area contributed by atoms with Gasteiger partial charge in [-0.15, -0.1) is 0 Å². The second-order valence-electron chi connectivity index (χ2n) is 18.2. The molecule has 2 heterocycles. The number of anilines is 6. The maximum Gasteiger partial charge on any atom is 0.159 e. The predicted molar refractivity (Wildman–Crippen MR) is 272 cm³/mol. The van der Waals surface area contributed by atoms with E-state index in [-0.39, 0.29) is 5.41 Å². The Morgan fingerprint density at radius 1 is 0.354 bits per heavy atom. The van der Waals surface area contributed by atoms with Gasteiger partial charge in [-0.3, -0.25) is 0 Å². The first-order valence-electron chi connectivity index (χ1n) is 22.5. The van der Waals surface area contributed by atoms with Gasteiger partial charge in [0.15, 0.2) is 11.2 Å². The van der Waals surface area contributed by atoms with E-state index in [4.69, 9.17) is 8.83 Å². The van der Waals surface area contributed by atoms with E-state index in [1.807, 2.05) is 0 Å².